The average Bonchev–Trinajstić information content (AvgIpc) is 2.61. The van der Waals surface area contributed by atoms with Crippen molar-refractivity contribution in [2.45, 2.75) is 26.3 Å². The number of aromatic nitrogens is 1. The number of hydrogen-bond acceptors (Lipinski definition) is 3. The van der Waals surface area contributed by atoms with Crippen LogP contribution in [-0.2, 0) is 6.54 Å². The van der Waals surface area contributed by atoms with Gasteiger partial charge in [0.15, 0.2) is 0 Å². The van der Waals surface area contributed by atoms with Gasteiger partial charge in [0.1, 0.15) is 11.5 Å². The number of nitrogens with one attached hydrogen (secondary N) is 1. The van der Waals surface area contributed by atoms with Crippen LogP contribution in [0.15, 0.2) is 73.1 Å². The predicted octanol–water partition coefficient (Wildman–Crippen LogP) is 5.61. The van der Waals surface area contributed by atoms with Gasteiger partial charge >= 0.3 is 0 Å². The van der Waals surface area contributed by atoms with Crippen molar-refractivity contribution in [2.24, 2.45) is 0 Å². The Bertz CT molecular complexity index is 785. The van der Waals surface area contributed by atoms with Crippen LogP contribution in [0.4, 0.5) is 5.69 Å². The Morgan fingerprint density at radius 1 is 0.958 bits per heavy atom. The van der Waals surface area contributed by atoms with E-state index in [-0.39, 0.29) is 0 Å². The first-order valence-corrected chi connectivity index (χ1v) is 8.22. The first-order chi connectivity index (χ1) is 11.7. The van der Waals surface area contributed by atoms with E-state index in [9.17, 15) is 0 Å². The van der Waals surface area contributed by atoms with Crippen LogP contribution in [0, 0.1) is 0 Å². The van der Waals surface area contributed by atoms with Crippen molar-refractivity contribution >= 4 is 5.69 Å². The normalized spacial score (nSPS) is 10.6. The van der Waals surface area contributed by atoms with E-state index < -0.39 is 0 Å². The molecule has 0 unspecified atom stereocenters. The highest BCUT2D eigenvalue weighted by atomic mass is 16.5. The number of rotatable bonds is 6. The maximum atomic E-state index is 5.90. The quantitative estimate of drug-likeness (QED) is 0.641. The summed E-state index contributed by atoms with van der Waals surface area (Å²) in [6, 6.07) is 20.0. The molecule has 0 aliphatic heterocycles. The number of para-hydroxylation sites is 1. The zero-order valence-electron chi connectivity index (χ0n) is 14.1. The van der Waals surface area contributed by atoms with E-state index in [2.05, 4.69) is 36.3 Å². The summed E-state index contributed by atoms with van der Waals surface area (Å²) in [5.74, 6) is 2.13. The van der Waals surface area contributed by atoms with Gasteiger partial charge in [-0.1, -0.05) is 44.2 Å². The van der Waals surface area contributed by atoms with Crippen molar-refractivity contribution in [3.8, 4) is 11.5 Å². The third-order valence-electron chi connectivity index (χ3n) is 3.83. The number of anilines is 1. The molecular formula is C21H22N2O. The van der Waals surface area contributed by atoms with Crippen LogP contribution in [0.2, 0.25) is 0 Å². The van der Waals surface area contributed by atoms with Crippen molar-refractivity contribution in [1.29, 1.82) is 0 Å². The summed E-state index contributed by atoms with van der Waals surface area (Å²) in [5.41, 5.74) is 3.54. The lowest BCUT2D eigenvalue weighted by atomic mass is 10.0. The number of ether oxygens (including phenoxy) is 1. The highest BCUT2D eigenvalue weighted by Gasteiger charge is 2.06. The molecule has 1 aromatic heterocycles. The van der Waals surface area contributed by atoms with Gasteiger partial charge in [-0.25, -0.2) is 0 Å². The van der Waals surface area contributed by atoms with Crippen molar-refractivity contribution in [3.63, 3.8) is 0 Å². The molecule has 0 aliphatic rings. The van der Waals surface area contributed by atoms with Crippen LogP contribution in [0.1, 0.15) is 30.9 Å². The van der Waals surface area contributed by atoms with E-state index >= 15 is 0 Å². The van der Waals surface area contributed by atoms with E-state index in [1.807, 2.05) is 60.9 Å². The van der Waals surface area contributed by atoms with E-state index in [4.69, 9.17) is 4.74 Å². The maximum Gasteiger partial charge on any atom is 0.127 e. The minimum absolute atomic E-state index is 0.439. The Kier molecular flexibility index (Phi) is 5.12. The molecule has 0 radical (unpaired) electrons. The molecule has 24 heavy (non-hydrogen) atoms. The summed E-state index contributed by atoms with van der Waals surface area (Å²) in [7, 11) is 0. The van der Waals surface area contributed by atoms with Gasteiger partial charge in [-0.05, 0) is 47.4 Å². The highest BCUT2D eigenvalue weighted by Crippen LogP contribution is 2.25. The largest absolute Gasteiger partial charge is 0.457 e. The molecule has 122 valence electrons. The zero-order chi connectivity index (χ0) is 16.8. The number of benzene rings is 2. The van der Waals surface area contributed by atoms with Gasteiger partial charge in [0.25, 0.3) is 0 Å². The predicted molar refractivity (Wildman–Crippen MR) is 98.6 cm³/mol. The van der Waals surface area contributed by atoms with Crippen LogP contribution in [0.5, 0.6) is 11.5 Å². The van der Waals surface area contributed by atoms with E-state index in [1.165, 1.54) is 11.1 Å². The van der Waals surface area contributed by atoms with Crippen LogP contribution in [0.3, 0.4) is 0 Å². The molecule has 1 heterocycles. The minimum atomic E-state index is 0.439. The molecule has 3 aromatic rings. The number of pyridine rings is 1. The molecule has 3 rings (SSSR count). The SMILES string of the molecule is CC(C)c1cnccc1NCc1cccc(Oc2ccccc2)c1. The van der Waals surface area contributed by atoms with E-state index in [0.717, 1.165) is 23.7 Å². The lowest BCUT2D eigenvalue weighted by molar-refractivity contribution is 0.482. The van der Waals surface area contributed by atoms with Crippen molar-refractivity contribution < 1.29 is 4.74 Å². The molecule has 0 spiro atoms. The van der Waals surface area contributed by atoms with Crippen LogP contribution in [0.25, 0.3) is 0 Å². The second-order valence-corrected chi connectivity index (χ2v) is 6.03. The molecule has 1 N–H and O–H groups in total. The van der Waals surface area contributed by atoms with Gasteiger partial charge in [0.2, 0.25) is 0 Å². The minimum Gasteiger partial charge on any atom is -0.457 e. The molecular weight excluding hydrogens is 296 g/mol. The maximum absolute atomic E-state index is 5.90. The number of nitrogens with zero attached hydrogens (tertiary/aromatic N) is 1. The Morgan fingerprint density at radius 3 is 2.54 bits per heavy atom. The monoisotopic (exact) mass is 318 g/mol. The fourth-order valence-corrected chi connectivity index (χ4v) is 2.57. The molecule has 3 nitrogen and oxygen atoms in total. The third-order valence-corrected chi connectivity index (χ3v) is 3.83. The number of hydrogen-bond donors (Lipinski definition) is 1. The van der Waals surface area contributed by atoms with E-state index in [1.54, 1.807) is 0 Å². The van der Waals surface area contributed by atoms with Crippen LogP contribution in [-0.4, -0.2) is 4.98 Å². The first-order valence-electron chi connectivity index (χ1n) is 8.22. The molecule has 0 fully saturated rings. The lowest BCUT2D eigenvalue weighted by Gasteiger charge is -2.14. The van der Waals surface area contributed by atoms with E-state index in [0.29, 0.717) is 5.92 Å². The first kappa shape index (κ1) is 16.1. The smallest absolute Gasteiger partial charge is 0.127 e. The van der Waals surface area contributed by atoms with Gasteiger partial charge in [-0.3, -0.25) is 4.98 Å². The highest BCUT2D eigenvalue weighted by molar-refractivity contribution is 5.51. The standard InChI is InChI=1S/C21H22N2O/c1-16(2)20-15-22-12-11-21(20)23-14-17-7-6-10-19(13-17)24-18-8-4-3-5-9-18/h3-13,15-16H,14H2,1-2H3,(H,22,23). The molecule has 0 atom stereocenters. The topological polar surface area (TPSA) is 34.2 Å². The second-order valence-electron chi connectivity index (χ2n) is 6.03. The van der Waals surface area contributed by atoms with Gasteiger partial charge in [0, 0.05) is 24.6 Å². The van der Waals surface area contributed by atoms with Gasteiger partial charge in [-0.2, -0.15) is 0 Å². The average molecular weight is 318 g/mol. The Labute approximate surface area is 143 Å². The van der Waals surface area contributed by atoms with Crippen molar-refractivity contribution in [2.75, 3.05) is 5.32 Å². The lowest BCUT2D eigenvalue weighted by Crippen LogP contribution is -2.04. The molecule has 0 amide bonds. The molecule has 3 heteroatoms. The van der Waals surface area contributed by atoms with Crippen molar-refractivity contribution in [3.05, 3.63) is 84.2 Å². The van der Waals surface area contributed by atoms with Crippen LogP contribution >= 0.6 is 0 Å². The fraction of sp³-hybridized carbons (Fsp3) is 0.190. The Morgan fingerprint density at radius 2 is 1.75 bits per heavy atom. The van der Waals surface area contributed by atoms with Crippen molar-refractivity contribution in [1.82, 2.24) is 4.98 Å². The Hall–Kier alpha value is -2.81. The molecule has 0 saturated carbocycles. The third kappa shape index (κ3) is 4.13. The Balaban J connectivity index is 1.69. The van der Waals surface area contributed by atoms with Crippen LogP contribution < -0.4 is 10.1 Å². The summed E-state index contributed by atoms with van der Waals surface area (Å²) >= 11 is 0. The molecule has 2 aromatic carbocycles. The summed E-state index contributed by atoms with van der Waals surface area (Å²) in [6.45, 7) is 5.10. The fourth-order valence-electron chi connectivity index (χ4n) is 2.57. The van der Waals surface area contributed by atoms with Gasteiger partial charge in [0.05, 0.1) is 0 Å². The second kappa shape index (κ2) is 7.64. The molecule has 0 saturated heterocycles. The summed E-state index contributed by atoms with van der Waals surface area (Å²) in [5, 5.41) is 3.51. The van der Waals surface area contributed by atoms with Gasteiger partial charge in [-0.15, -0.1) is 0 Å². The summed E-state index contributed by atoms with van der Waals surface area (Å²) in [4.78, 5) is 4.22. The molecule has 0 bridgehead atoms. The summed E-state index contributed by atoms with van der Waals surface area (Å²) in [6.07, 6.45) is 3.76. The van der Waals surface area contributed by atoms with Gasteiger partial charge < -0.3 is 10.1 Å². The summed E-state index contributed by atoms with van der Waals surface area (Å²) < 4.78 is 5.90. The zero-order valence-corrected chi connectivity index (χ0v) is 14.1. The molecule has 0 aliphatic carbocycles.